The van der Waals surface area contributed by atoms with Gasteiger partial charge >= 0.3 is 0 Å². The van der Waals surface area contributed by atoms with Crippen LogP contribution in [0, 0.1) is 0 Å². The lowest BCUT2D eigenvalue weighted by Gasteiger charge is -2.27. The molecule has 0 aliphatic rings. The van der Waals surface area contributed by atoms with E-state index in [2.05, 4.69) is 13.5 Å². The van der Waals surface area contributed by atoms with Crippen molar-refractivity contribution in [2.24, 2.45) is 7.05 Å². The standard InChI is InChI=1S/C26H37N3O2/c1-4-6-7-8-12-17-25(30)28(18-5-2)22-26(31)29(20-23-14-10-9-11-15-23)21-24-16-13-19-27(24)3/h5,9-11,13-16,19H,2,4,6-8,12,17-18,20-22H2,1,3H3. The first kappa shape index (κ1) is 24.4. The molecule has 0 saturated heterocycles. The van der Waals surface area contributed by atoms with E-state index in [4.69, 9.17) is 0 Å². The number of hydrogen-bond donors (Lipinski definition) is 0. The van der Waals surface area contributed by atoms with Gasteiger partial charge in [-0.2, -0.15) is 0 Å². The van der Waals surface area contributed by atoms with Gasteiger partial charge in [-0.05, 0) is 24.1 Å². The molecule has 2 rings (SSSR count). The Morgan fingerprint density at radius 2 is 1.68 bits per heavy atom. The quantitative estimate of drug-likeness (QED) is 0.319. The Bertz CT molecular complexity index is 813. The molecule has 0 aliphatic heterocycles. The average Bonchev–Trinajstić information content (AvgIpc) is 3.17. The number of unbranched alkanes of at least 4 members (excludes halogenated alkanes) is 4. The number of benzene rings is 1. The Morgan fingerprint density at radius 3 is 2.32 bits per heavy atom. The fourth-order valence-electron chi connectivity index (χ4n) is 3.60. The van der Waals surface area contributed by atoms with Crippen molar-refractivity contribution in [3.05, 3.63) is 72.6 Å². The molecule has 31 heavy (non-hydrogen) atoms. The summed E-state index contributed by atoms with van der Waals surface area (Å²) in [4.78, 5) is 29.5. The lowest BCUT2D eigenvalue weighted by Crippen LogP contribution is -2.42. The molecule has 0 saturated carbocycles. The summed E-state index contributed by atoms with van der Waals surface area (Å²) < 4.78 is 2.02. The molecule has 1 aromatic carbocycles. The fraction of sp³-hybridized carbons (Fsp3) is 0.462. The van der Waals surface area contributed by atoms with Crippen LogP contribution in [0.5, 0.6) is 0 Å². The third-order valence-electron chi connectivity index (χ3n) is 5.50. The van der Waals surface area contributed by atoms with Crippen LogP contribution in [0.2, 0.25) is 0 Å². The van der Waals surface area contributed by atoms with Crippen LogP contribution in [0.15, 0.2) is 61.3 Å². The Balaban J connectivity index is 2.04. The van der Waals surface area contributed by atoms with Crippen LogP contribution in [-0.4, -0.2) is 39.3 Å². The fourth-order valence-corrected chi connectivity index (χ4v) is 3.60. The summed E-state index contributed by atoms with van der Waals surface area (Å²) in [7, 11) is 1.98. The third kappa shape index (κ3) is 8.44. The number of aryl methyl sites for hydroxylation is 1. The van der Waals surface area contributed by atoms with Crippen molar-refractivity contribution in [2.75, 3.05) is 13.1 Å². The molecule has 0 aliphatic carbocycles. The van der Waals surface area contributed by atoms with Crippen molar-refractivity contribution >= 4 is 11.8 Å². The average molecular weight is 424 g/mol. The molecular formula is C26H37N3O2. The smallest absolute Gasteiger partial charge is 0.242 e. The van der Waals surface area contributed by atoms with E-state index in [9.17, 15) is 9.59 Å². The predicted molar refractivity (Wildman–Crippen MR) is 126 cm³/mol. The van der Waals surface area contributed by atoms with Gasteiger partial charge in [0.25, 0.3) is 0 Å². The molecule has 0 atom stereocenters. The second-order valence-electron chi connectivity index (χ2n) is 8.07. The number of rotatable bonds is 14. The Morgan fingerprint density at radius 1 is 0.935 bits per heavy atom. The van der Waals surface area contributed by atoms with Gasteiger partial charge in [-0.1, -0.05) is 69.0 Å². The normalized spacial score (nSPS) is 10.6. The third-order valence-corrected chi connectivity index (χ3v) is 5.50. The SMILES string of the molecule is C=CCN(CC(=O)N(Cc1ccccc1)Cc1cccn1C)C(=O)CCCCCCC. The van der Waals surface area contributed by atoms with Crippen molar-refractivity contribution in [3.63, 3.8) is 0 Å². The minimum Gasteiger partial charge on any atom is -0.353 e. The van der Waals surface area contributed by atoms with Crippen molar-refractivity contribution in [1.82, 2.24) is 14.4 Å². The monoisotopic (exact) mass is 423 g/mol. The van der Waals surface area contributed by atoms with Gasteiger partial charge in [-0.15, -0.1) is 6.58 Å². The molecule has 2 aromatic rings. The number of aromatic nitrogens is 1. The second kappa shape index (κ2) is 13.5. The Hall–Kier alpha value is -2.82. The highest BCUT2D eigenvalue weighted by Gasteiger charge is 2.21. The van der Waals surface area contributed by atoms with Gasteiger partial charge in [0.05, 0.1) is 6.54 Å². The van der Waals surface area contributed by atoms with Crippen LogP contribution >= 0.6 is 0 Å². The first-order valence-corrected chi connectivity index (χ1v) is 11.4. The molecule has 5 heteroatoms. The van der Waals surface area contributed by atoms with E-state index in [-0.39, 0.29) is 18.4 Å². The van der Waals surface area contributed by atoms with Crippen LogP contribution < -0.4 is 0 Å². The van der Waals surface area contributed by atoms with Crippen molar-refractivity contribution < 1.29 is 9.59 Å². The molecule has 0 bridgehead atoms. The Kier molecular flexibility index (Phi) is 10.6. The molecule has 0 radical (unpaired) electrons. The summed E-state index contributed by atoms with van der Waals surface area (Å²) in [6.45, 7) is 7.44. The van der Waals surface area contributed by atoms with Crippen LogP contribution in [0.4, 0.5) is 0 Å². The largest absolute Gasteiger partial charge is 0.353 e. The van der Waals surface area contributed by atoms with Crippen LogP contribution in [0.25, 0.3) is 0 Å². The first-order valence-electron chi connectivity index (χ1n) is 11.4. The topological polar surface area (TPSA) is 45.6 Å². The maximum absolute atomic E-state index is 13.3. The van der Waals surface area contributed by atoms with Gasteiger partial charge in [0.15, 0.2) is 0 Å². The highest BCUT2D eigenvalue weighted by molar-refractivity contribution is 5.85. The zero-order chi connectivity index (χ0) is 22.5. The number of hydrogen-bond acceptors (Lipinski definition) is 2. The van der Waals surface area contributed by atoms with E-state index >= 15 is 0 Å². The van der Waals surface area contributed by atoms with E-state index in [1.165, 1.54) is 12.8 Å². The second-order valence-corrected chi connectivity index (χ2v) is 8.07. The summed E-state index contributed by atoms with van der Waals surface area (Å²) in [6, 6.07) is 14.0. The summed E-state index contributed by atoms with van der Waals surface area (Å²) >= 11 is 0. The highest BCUT2D eigenvalue weighted by Crippen LogP contribution is 2.13. The number of carbonyl (C=O) groups excluding carboxylic acids is 2. The molecule has 1 heterocycles. The zero-order valence-corrected chi connectivity index (χ0v) is 19.1. The highest BCUT2D eigenvalue weighted by atomic mass is 16.2. The zero-order valence-electron chi connectivity index (χ0n) is 19.1. The van der Waals surface area contributed by atoms with Crippen molar-refractivity contribution in [3.8, 4) is 0 Å². The van der Waals surface area contributed by atoms with Gasteiger partial charge in [0.1, 0.15) is 6.54 Å². The van der Waals surface area contributed by atoms with E-state index in [1.54, 1.807) is 11.0 Å². The van der Waals surface area contributed by atoms with E-state index in [1.807, 2.05) is 65.2 Å². The maximum Gasteiger partial charge on any atom is 0.242 e. The predicted octanol–water partition coefficient (Wildman–Crippen LogP) is 4.93. The maximum atomic E-state index is 13.3. The summed E-state index contributed by atoms with van der Waals surface area (Å²) in [5.41, 5.74) is 2.13. The minimum atomic E-state index is -0.0498. The molecule has 168 valence electrons. The van der Waals surface area contributed by atoms with E-state index < -0.39 is 0 Å². The van der Waals surface area contributed by atoms with E-state index in [0.717, 1.165) is 30.5 Å². The van der Waals surface area contributed by atoms with Gasteiger partial charge in [0.2, 0.25) is 11.8 Å². The first-order chi connectivity index (χ1) is 15.0. The van der Waals surface area contributed by atoms with Crippen molar-refractivity contribution in [2.45, 2.75) is 58.5 Å². The number of carbonyl (C=O) groups is 2. The van der Waals surface area contributed by atoms with Crippen molar-refractivity contribution in [1.29, 1.82) is 0 Å². The van der Waals surface area contributed by atoms with E-state index in [0.29, 0.717) is 26.1 Å². The molecule has 2 amide bonds. The molecule has 0 unspecified atom stereocenters. The Labute approximate surface area is 187 Å². The molecule has 5 nitrogen and oxygen atoms in total. The molecule has 1 aromatic heterocycles. The molecule has 0 fully saturated rings. The number of nitrogens with zero attached hydrogens (tertiary/aromatic N) is 3. The van der Waals surface area contributed by atoms with Crippen LogP contribution in [-0.2, 0) is 29.7 Å². The summed E-state index contributed by atoms with van der Waals surface area (Å²) in [5.74, 6) is -0.0190. The van der Waals surface area contributed by atoms with Gasteiger partial charge in [0, 0.05) is 38.4 Å². The number of amides is 2. The summed E-state index contributed by atoms with van der Waals surface area (Å²) in [5, 5.41) is 0. The van der Waals surface area contributed by atoms with Gasteiger partial charge in [-0.3, -0.25) is 9.59 Å². The lowest BCUT2D eigenvalue weighted by atomic mass is 10.1. The molecular weight excluding hydrogens is 386 g/mol. The van der Waals surface area contributed by atoms with Gasteiger partial charge in [-0.25, -0.2) is 0 Å². The van der Waals surface area contributed by atoms with Gasteiger partial charge < -0.3 is 14.4 Å². The minimum absolute atomic E-state index is 0.0308. The summed E-state index contributed by atoms with van der Waals surface area (Å²) in [6.07, 6.45) is 9.64. The lowest BCUT2D eigenvalue weighted by molar-refractivity contribution is -0.141. The van der Waals surface area contributed by atoms with Crippen LogP contribution in [0.1, 0.15) is 56.7 Å². The van der Waals surface area contributed by atoms with Crippen LogP contribution in [0.3, 0.4) is 0 Å². The molecule has 0 spiro atoms. The molecule has 0 N–H and O–H groups in total.